The van der Waals surface area contributed by atoms with E-state index in [0.29, 0.717) is 17.1 Å². The van der Waals surface area contributed by atoms with Crippen molar-refractivity contribution in [3.63, 3.8) is 0 Å². The monoisotopic (exact) mass is 1030 g/mol. The van der Waals surface area contributed by atoms with Crippen molar-refractivity contribution >= 4 is 70.5 Å². The molecule has 76 heavy (non-hydrogen) atoms. The maximum atomic E-state index is 10.9. The van der Waals surface area contributed by atoms with Gasteiger partial charge in [-0.3, -0.25) is 14.4 Å². The summed E-state index contributed by atoms with van der Waals surface area (Å²) in [5.74, 6) is -0.111. The van der Waals surface area contributed by atoms with Crippen molar-refractivity contribution < 1.29 is 33.6 Å². The van der Waals surface area contributed by atoms with E-state index in [1.54, 1.807) is 43.4 Å². The Morgan fingerprint density at radius 3 is 0.868 bits per heavy atom. The molecule has 0 bridgehead atoms. The van der Waals surface area contributed by atoms with Crippen molar-refractivity contribution in [1.29, 1.82) is 0 Å². The van der Waals surface area contributed by atoms with Crippen molar-refractivity contribution in [2.75, 3.05) is 24.7 Å². The van der Waals surface area contributed by atoms with E-state index < -0.39 is 0 Å². The zero-order valence-electron chi connectivity index (χ0n) is 45.0. The summed E-state index contributed by atoms with van der Waals surface area (Å²) in [6.07, 6.45) is 10.1. The number of aliphatic imine (C=N–C) groups is 4. The van der Waals surface area contributed by atoms with Crippen LogP contribution in [0.3, 0.4) is 0 Å². The summed E-state index contributed by atoms with van der Waals surface area (Å²) in [5, 5.41) is 7.78. The van der Waals surface area contributed by atoms with Gasteiger partial charge in [-0.2, -0.15) is 15.0 Å². The smallest absolute Gasteiger partial charge is 0.240 e. The first-order valence-electron chi connectivity index (χ1n) is 24.1. The maximum Gasteiger partial charge on any atom is 0.240 e. The number of carbonyl (C=O) groups excluding carboxylic acids is 7. The Morgan fingerprint density at radius 2 is 0.605 bits per heavy atom. The Labute approximate surface area is 448 Å². The number of anilines is 2. The highest BCUT2D eigenvalue weighted by Gasteiger charge is 2.00. The molecule has 0 radical (unpaired) electrons. The van der Waals surface area contributed by atoms with E-state index in [0.717, 1.165) is 35.3 Å². The Kier molecular flexibility index (Phi) is 44.3. The highest BCUT2D eigenvalue weighted by Crippen LogP contribution is 2.17. The van der Waals surface area contributed by atoms with Crippen LogP contribution in [-0.4, -0.2) is 56.1 Å². The molecule has 7 aromatic carbocycles. The summed E-state index contributed by atoms with van der Waals surface area (Å²) in [4.78, 5) is 82.8. The molecule has 396 valence electrons. The molecule has 0 unspecified atom stereocenters. The van der Waals surface area contributed by atoms with E-state index in [2.05, 4.69) is 124 Å². The third-order valence-corrected chi connectivity index (χ3v) is 8.29. The van der Waals surface area contributed by atoms with Gasteiger partial charge >= 0.3 is 0 Å². The number of carbonyl (C=O) groups is 3. The van der Waals surface area contributed by atoms with E-state index >= 15 is 0 Å². The number of hydrogen-bond donors (Lipinski definition) is 3. The quantitative estimate of drug-likeness (QED) is 0.0941. The van der Waals surface area contributed by atoms with Gasteiger partial charge in [0.05, 0.1) is 17.1 Å². The fourth-order valence-electron chi connectivity index (χ4n) is 5.15. The van der Waals surface area contributed by atoms with Crippen LogP contribution < -0.4 is 16.0 Å². The summed E-state index contributed by atoms with van der Waals surface area (Å²) in [5.41, 5.74) is 8.53. The van der Waals surface area contributed by atoms with Crippen LogP contribution in [0, 0.1) is 0 Å². The molecule has 0 fully saturated rings. The molecule has 7 aromatic rings. The summed E-state index contributed by atoms with van der Waals surface area (Å²) in [7, 11) is 2.98. The molecular formula is C62H71N7O7. The van der Waals surface area contributed by atoms with Crippen LogP contribution >= 0.6 is 0 Å². The topological polar surface area (TPSA) is 205 Å². The molecule has 0 saturated heterocycles. The molecule has 0 aliphatic carbocycles. The van der Waals surface area contributed by atoms with Gasteiger partial charge < -0.3 is 16.0 Å². The Hall–Kier alpha value is -9.53. The number of hydrogen-bond acceptors (Lipinski definition) is 11. The van der Waals surface area contributed by atoms with E-state index in [1.807, 2.05) is 103 Å². The first-order valence-corrected chi connectivity index (χ1v) is 24.1. The van der Waals surface area contributed by atoms with Gasteiger partial charge in [0.25, 0.3) is 0 Å². The van der Waals surface area contributed by atoms with Crippen LogP contribution in [0.15, 0.2) is 220 Å². The summed E-state index contributed by atoms with van der Waals surface area (Å²) < 4.78 is 0. The number of isocyanates is 4. The van der Waals surface area contributed by atoms with Crippen LogP contribution in [0.1, 0.15) is 83.6 Å². The molecule has 0 spiro atoms. The van der Waals surface area contributed by atoms with Gasteiger partial charge in [-0.05, 0) is 95.8 Å². The maximum absolute atomic E-state index is 10.9. The van der Waals surface area contributed by atoms with Crippen LogP contribution in [0.5, 0.6) is 0 Å². The number of nitrogens with zero attached hydrogens (tertiary/aromatic N) is 4. The Balaban J connectivity index is 0. The van der Waals surface area contributed by atoms with Gasteiger partial charge in [0.1, 0.15) is 0 Å². The second-order valence-electron chi connectivity index (χ2n) is 15.2. The first kappa shape index (κ1) is 68.5. The zero-order chi connectivity index (χ0) is 56.9. The highest BCUT2D eigenvalue weighted by atomic mass is 16.2. The van der Waals surface area contributed by atoms with Gasteiger partial charge in [0, 0.05) is 46.2 Å². The minimum Gasteiger partial charge on any atom is -0.359 e. The van der Waals surface area contributed by atoms with Gasteiger partial charge in [-0.25, -0.2) is 24.2 Å². The molecule has 0 saturated carbocycles. The SMILES string of the molecule is CC(=O)Nc1ccc(Cc2ccc(N=C=O)cc2)cc1.CC(=O)Nc1ccccc1.CCC.CCC.CN=C=O.CNC(C)=O.O=C=Nc1ccccc1.O=C=Nc1ccccc1.c1ccc(Cc2ccccc2)cc1. The third-order valence-electron chi connectivity index (χ3n) is 8.29. The van der Waals surface area contributed by atoms with Crippen LogP contribution in [0.4, 0.5) is 28.4 Å². The van der Waals surface area contributed by atoms with Crippen LogP contribution in [-0.2, 0) is 46.4 Å². The number of amides is 3. The van der Waals surface area contributed by atoms with E-state index in [9.17, 15) is 28.8 Å². The van der Waals surface area contributed by atoms with Crippen molar-refractivity contribution in [2.24, 2.45) is 20.0 Å². The molecule has 0 aliphatic heterocycles. The van der Waals surface area contributed by atoms with Gasteiger partial charge in [0.2, 0.25) is 42.0 Å². The Morgan fingerprint density at radius 1 is 0.368 bits per heavy atom. The zero-order valence-corrected chi connectivity index (χ0v) is 45.0. The minimum atomic E-state index is -0.0796. The molecule has 14 nitrogen and oxygen atoms in total. The predicted molar refractivity (Wildman–Crippen MR) is 308 cm³/mol. The molecule has 0 aliphatic rings. The number of nitrogens with one attached hydrogen (secondary N) is 3. The molecule has 3 amide bonds. The summed E-state index contributed by atoms with van der Waals surface area (Å²) >= 11 is 0. The lowest BCUT2D eigenvalue weighted by Gasteiger charge is -2.05. The van der Waals surface area contributed by atoms with Crippen LogP contribution in [0.2, 0.25) is 0 Å². The van der Waals surface area contributed by atoms with E-state index in [-0.39, 0.29) is 17.7 Å². The normalized spacial score (nSPS) is 8.43. The number of rotatable bonds is 9. The van der Waals surface area contributed by atoms with Crippen molar-refractivity contribution in [3.05, 3.63) is 222 Å². The molecule has 7 rings (SSSR count). The fourth-order valence-corrected chi connectivity index (χ4v) is 5.15. The average molecular weight is 1030 g/mol. The average Bonchev–Trinajstić information content (AvgIpc) is 3.43. The van der Waals surface area contributed by atoms with Crippen LogP contribution in [0.25, 0.3) is 0 Å². The lowest BCUT2D eigenvalue weighted by molar-refractivity contribution is -0.118. The van der Waals surface area contributed by atoms with Gasteiger partial charge in [-0.1, -0.05) is 180 Å². The van der Waals surface area contributed by atoms with Crippen molar-refractivity contribution in [1.82, 2.24) is 5.32 Å². The molecule has 3 N–H and O–H groups in total. The second-order valence-corrected chi connectivity index (χ2v) is 15.2. The Bertz CT molecular complexity index is 2660. The minimum absolute atomic E-state index is 0.00463. The third kappa shape index (κ3) is 42.2. The highest BCUT2D eigenvalue weighted by molar-refractivity contribution is 5.89. The molecule has 0 atom stereocenters. The number of benzene rings is 7. The first-order chi connectivity index (χ1) is 36.8. The van der Waals surface area contributed by atoms with Gasteiger partial charge in [-0.15, -0.1) is 0 Å². The lowest BCUT2D eigenvalue weighted by atomic mass is 10.0. The van der Waals surface area contributed by atoms with Crippen molar-refractivity contribution in [2.45, 2.75) is 74.1 Å². The molecular weight excluding hydrogens is 955 g/mol. The second kappa shape index (κ2) is 49.1. The van der Waals surface area contributed by atoms with E-state index in [4.69, 9.17) is 4.79 Å². The molecule has 0 aromatic heterocycles. The fraction of sp³-hybridized carbons (Fsp3) is 0.210. The van der Waals surface area contributed by atoms with E-state index in [1.165, 1.54) is 76.1 Å². The summed E-state index contributed by atoms with van der Waals surface area (Å²) in [6, 6.07) is 63.5. The standard InChI is InChI=1S/C16H14N2O2.C13H12.C8H9NO.2C7H5NO.C3H7NO.2C3H8.C2H3NO/c1-12(20)18-16-8-4-14(5-9-16)10-13-2-6-15(7-3-13)17-11-19;1-3-7-12(8-4-1)11-13-9-5-2-6-10-13;1-7(10)9-8-5-3-2-4-6-8;2*9-6-8-7-4-2-1-3-5-7;1-3(5)4-2;2*1-3-2;1-3-2-4/h2-9H,10H2,1H3,(H,18,20);1-10H,11H2;2-6H,1H3,(H,9,10);2*1-5H;1-2H3,(H,4,5);2*3H2,1-2H3;1H3. The van der Waals surface area contributed by atoms with Gasteiger partial charge in [0.15, 0.2) is 0 Å². The van der Waals surface area contributed by atoms with Crippen molar-refractivity contribution in [3.8, 4) is 0 Å². The lowest BCUT2D eigenvalue weighted by Crippen LogP contribution is -2.11. The predicted octanol–water partition coefficient (Wildman–Crippen LogP) is 14.0. The molecule has 14 heteroatoms. The number of para-hydroxylation sites is 3. The molecule has 0 heterocycles. The largest absolute Gasteiger partial charge is 0.359 e. The summed E-state index contributed by atoms with van der Waals surface area (Å²) in [6.45, 7) is 12.9.